The van der Waals surface area contributed by atoms with Crippen LogP contribution < -0.4 is 16.2 Å². The van der Waals surface area contributed by atoms with Gasteiger partial charge in [0.25, 0.3) is 5.56 Å². The van der Waals surface area contributed by atoms with E-state index in [4.69, 9.17) is 0 Å². The number of hydrogen-bond donors (Lipinski definition) is 3. The third kappa shape index (κ3) is 3.46. The van der Waals surface area contributed by atoms with Crippen molar-refractivity contribution < 1.29 is 9.59 Å². The van der Waals surface area contributed by atoms with Crippen molar-refractivity contribution in [1.29, 1.82) is 0 Å². The van der Waals surface area contributed by atoms with Crippen LogP contribution in [0.25, 0.3) is 10.2 Å². The lowest BCUT2D eigenvalue weighted by molar-refractivity contribution is -0.117. The summed E-state index contributed by atoms with van der Waals surface area (Å²) in [5, 5.41) is 5.57. The maximum absolute atomic E-state index is 12.4. The zero-order chi connectivity index (χ0) is 17.3. The number of carbonyl (C=O) groups is 2. The van der Waals surface area contributed by atoms with Gasteiger partial charge >= 0.3 is 6.03 Å². The van der Waals surface area contributed by atoms with Crippen LogP contribution in [0.15, 0.2) is 9.95 Å². The highest BCUT2D eigenvalue weighted by Crippen LogP contribution is 2.36. The second-order valence-corrected chi connectivity index (χ2v) is 7.87. The Morgan fingerprint density at radius 3 is 3.00 bits per heavy atom. The molecule has 3 rings (SSSR count). The number of amides is 3. The molecule has 3 amide bonds. The Morgan fingerprint density at radius 2 is 2.25 bits per heavy atom. The van der Waals surface area contributed by atoms with Crippen LogP contribution in [0.5, 0.6) is 0 Å². The molecule has 0 fully saturated rings. The number of hydrogen-bond acceptors (Lipinski definition) is 6. The van der Waals surface area contributed by atoms with E-state index in [1.54, 1.807) is 11.3 Å². The van der Waals surface area contributed by atoms with Crippen LogP contribution in [0, 0.1) is 5.92 Å². The first kappa shape index (κ1) is 17.0. The van der Waals surface area contributed by atoms with E-state index in [-0.39, 0.29) is 11.3 Å². The number of H-pyrrole nitrogens is 1. The normalized spacial score (nSPS) is 16.7. The minimum atomic E-state index is -0.558. The van der Waals surface area contributed by atoms with Crippen molar-refractivity contribution in [1.82, 2.24) is 20.6 Å². The number of nitrogens with one attached hydrogen (secondary N) is 3. The first-order valence-corrected chi connectivity index (χ1v) is 9.47. The Morgan fingerprint density at radius 1 is 1.46 bits per heavy atom. The summed E-state index contributed by atoms with van der Waals surface area (Å²) in [7, 11) is 1.43. The van der Waals surface area contributed by atoms with Crippen molar-refractivity contribution in [3.05, 3.63) is 20.8 Å². The molecule has 2 heterocycles. The third-order valence-corrected chi connectivity index (χ3v) is 5.99. The largest absolute Gasteiger partial charge is 0.341 e. The molecule has 2 aromatic rings. The van der Waals surface area contributed by atoms with Gasteiger partial charge < -0.3 is 10.3 Å². The van der Waals surface area contributed by atoms with Crippen molar-refractivity contribution in [2.75, 3.05) is 12.8 Å². The van der Waals surface area contributed by atoms with Crippen molar-refractivity contribution in [2.24, 2.45) is 5.92 Å². The number of rotatable bonds is 3. The van der Waals surface area contributed by atoms with Crippen LogP contribution in [0.3, 0.4) is 0 Å². The Bertz CT molecular complexity index is 858. The first-order chi connectivity index (χ1) is 11.5. The van der Waals surface area contributed by atoms with E-state index in [0.29, 0.717) is 16.5 Å². The molecular formula is C15H18N4O3S2. The number of nitrogens with zero attached hydrogens (tertiary/aromatic N) is 1. The zero-order valence-electron chi connectivity index (χ0n) is 13.4. The molecule has 9 heteroatoms. The molecule has 0 bridgehead atoms. The number of thioether (sulfide) groups is 1. The lowest BCUT2D eigenvalue weighted by Crippen LogP contribution is -2.38. The van der Waals surface area contributed by atoms with Crippen LogP contribution in [-0.4, -0.2) is 34.7 Å². The standard InChI is InChI=1S/C15H18N4O3S2/c1-7-3-4-8-9(5-7)24-13-11(8)12(21)18-15(19-13)23-6-10(20)17-14(22)16-2/h7H,3-6H2,1-2H3,(H,18,19,21)(H2,16,17,20,22)/t7-/m0/s1. The van der Waals surface area contributed by atoms with Gasteiger partial charge in [0.1, 0.15) is 4.83 Å². The predicted molar refractivity (Wildman–Crippen MR) is 94.8 cm³/mol. The topological polar surface area (TPSA) is 104 Å². The first-order valence-electron chi connectivity index (χ1n) is 7.67. The molecule has 0 radical (unpaired) electrons. The Kier molecular flexibility index (Phi) is 4.91. The summed E-state index contributed by atoms with van der Waals surface area (Å²) in [5.74, 6) is 0.192. The Labute approximate surface area is 146 Å². The number of imide groups is 1. The van der Waals surface area contributed by atoms with E-state index in [2.05, 4.69) is 27.5 Å². The van der Waals surface area contributed by atoms with Crippen LogP contribution in [0.4, 0.5) is 4.79 Å². The fourth-order valence-electron chi connectivity index (χ4n) is 2.76. The van der Waals surface area contributed by atoms with E-state index >= 15 is 0 Å². The zero-order valence-corrected chi connectivity index (χ0v) is 15.0. The molecule has 0 spiro atoms. The second kappa shape index (κ2) is 6.94. The molecule has 1 aliphatic carbocycles. The van der Waals surface area contributed by atoms with Crippen molar-refractivity contribution in [3.8, 4) is 0 Å². The van der Waals surface area contributed by atoms with Crippen LogP contribution in [0.2, 0.25) is 0 Å². The summed E-state index contributed by atoms with van der Waals surface area (Å²) in [6.07, 6.45) is 3.00. The van der Waals surface area contributed by atoms with Crippen LogP contribution in [-0.2, 0) is 17.6 Å². The third-order valence-electron chi connectivity index (χ3n) is 3.96. The number of urea groups is 1. The number of carbonyl (C=O) groups excluding carboxylic acids is 2. The molecular weight excluding hydrogens is 348 g/mol. The lowest BCUT2D eigenvalue weighted by Gasteiger charge is -2.17. The molecule has 7 nitrogen and oxygen atoms in total. The smallest absolute Gasteiger partial charge is 0.321 e. The van der Waals surface area contributed by atoms with Gasteiger partial charge in [0.05, 0.1) is 11.1 Å². The number of fused-ring (bicyclic) bond motifs is 3. The van der Waals surface area contributed by atoms with Gasteiger partial charge in [-0.05, 0) is 30.7 Å². The van der Waals surface area contributed by atoms with Gasteiger partial charge in [0.2, 0.25) is 5.91 Å². The minimum absolute atomic E-state index is 0.00396. The average Bonchev–Trinajstić information content (AvgIpc) is 2.90. The summed E-state index contributed by atoms with van der Waals surface area (Å²) in [6.45, 7) is 2.22. The molecule has 0 saturated heterocycles. The summed E-state index contributed by atoms with van der Waals surface area (Å²) < 4.78 is 0. The summed E-state index contributed by atoms with van der Waals surface area (Å²) in [6, 6.07) is -0.558. The van der Waals surface area contributed by atoms with Crippen molar-refractivity contribution >= 4 is 45.3 Å². The molecule has 128 valence electrons. The Hall–Kier alpha value is -1.87. The number of aromatic amines is 1. The molecule has 0 aromatic carbocycles. The SMILES string of the molecule is CNC(=O)NC(=O)CSc1nc2sc3c(c2c(=O)[nH]1)CC[C@H](C)C3. The monoisotopic (exact) mass is 366 g/mol. The van der Waals surface area contributed by atoms with E-state index < -0.39 is 11.9 Å². The van der Waals surface area contributed by atoms with E-state index in [9.17, 15) is 14.4 Å². The summed E-state index contributed by atoms with van der Waals surface area (Å²) in [5.41, 5.74) is 0.983. The van der Waals surface area contributed by atoms with Crippen molar-refractivity contribution in [2.45, 2.75) is 31.3 Å². The molecule has 1 aliphatic rings. The maximum atomic E-state index is 12.4. The summed E-state index contributed by atoms with van der Waals surface area (Å²) in [4.78, 5) is 44.3. The predicted octanol–water partition coefficient (Wildman–Crippen LogP) is 1.66. The summed E-state index contributed by atoms with van der Waals surface area (Å²) >= 11 is 2.68. The molecule has 2 aromatic heterocycles. The lowest BCUT2D eigenvalue weighted by atomic mass is 9.89. The second-order valence-electron chi connectivity index (χ2n) is 5.82. The van der Waals surface area contributed by atoms with Gasteiger partial charge in [-0.1, -0.05) is 18.7 Å². The maximum Gasteiger partial charge on any atom is 0.321 e. The van der Waals surface area contributed by atoms with Crippen LogP contribution >= 0.6 is 23.1 Å². The van der Waals surface area contributed by atoms with Gasteiger partial charge in [-0.15, -0.1) is 11.3 Å². The molecule has 0 aliphatic heterocycles. The van der Waals surface area contributed by atoms with Gasteiger partial charge in [0, 0.05) is 11.9 Å². The fourth-order valence-corrected chi connectivity index (χ4v) is 4.86. The Balaban J connectivity index is 1.80. The molecule has 3 N–H and O–H groups in total. The van der Waals surface area contributed by atoms with Gasteiger partial charge in [-0.25, -0.2) is 9.78 Å². The van der Waals surface area contributed by atoms with E-state index in [1.807, 2.05) is 0 Å². The van der Waals surface area contributed by atoms with Gasteiger partial charge in [-0.2, -0.15) is 0 Å². The highest BCUT2D eigenvalue weighted by molar-refractivity contribution is 7.99. The molecule has 0 saturated carbocycles. The molecule has 0 unspecified atom stereocenters. The number of aromatic nitrogens is 2. The number of aryl methyl sites for hydroxylation is 1. The highest BCUT2D eigenvalue weighted by Gasteiger charge is 2.23. The molecule has 1 atom stereocenters. The molecule has 24 heavy (non-hydrogen) atoms. The van der Waals surface area contributed by atoms with E-state index in [1.165, 1.54) is 11.9 Å². The van der Waals surface area contributed by atoms with Crippen LogP contribution in [0.1, 0.15) is 23.8 Å². The van der Waals surface area contributed by atoms with E-state index in [0.717, 1.165) is 41.4 Å². The quantitative estimate of drug-likeness (QED) is 0.566. The minimum Gasteiger partial charge on any atom is -0.341 e. The highest BCUT2D eigenvalue weighted by atomic mass is 32.2. The van der Waals surface area contributed by atoms with Crippen molar-refractivity contribution in [3.63, 3.8) is 0 Å². The fraction of sp³-hybridized carbons (Fsp3) is 0.467. The van der Waals surface area contributed by atoms with Gasteiger partial charge in [-0.3, -0.25) is 14.9 Å². The number of thiophene rings is 1. The van der Waals surface area contributed by atoms with Gasteiger partial charge in [0.15, 0.2) is 5.16 Å². The average molecular weight is 366 g/mol.